The van der Waals surface area contributed by atoms with Gasteiger partial charge in [0, 0.05) is 6.42 Å². The second-order valence-corrected chi connectivity index (χ2v) is 4.71. The maximum absolute atomic E-state index is 14.0. The third kappa shape index (κ3) is 5.52. The van der Waals surface area contributed by atoms with Crippen molar-refractivity contribution in [3.8, 4) is 0 Å². The largest absolute Gasteiger partial charge is 0.392 e. The zero-order valence-electron chi connectivity index (χ0n) is 11.4. The van der Waals surface area contributed by atoms with Crippen molar-refractivity contribution in [2.24, 2.45) is 0 Å². The zero-order valence-corrected chi connectivity index (χ0v) is 11.4. The van der Waals surface area contributed by atoms with Gasteiger partial charge in [-0.2, -0.15) is 0 Å². The molecule has 0 fully saturated rings. The maximum atomic E-state index is 14.0. The predicted molar refractivity (Wildman–Crippen MR) is 74.4 cm³/mol. The van der Waals surface area contributed by atoms with Crippen LogP contribution in [0.15, 0.2) is 42.0 Å². The van der Waals surface area contributed by atoms with Crippen LogP contribution in [-0.4, -0.2) is 17.6 Å². The molecular formula is C16H22F2O. The fourth-order valence-corrected chi connectivity index (χ4v) is 2.03. The molecule has 0 saturated carbocycles. The molecule has 1 aromatic rings. The molecule has 0 aliphatic heterocycles. The quantitative estimate of drug-likeness (QED) is 0.694. The normalized spacial score (nSPS) is 12.7. The van der Waals surface area contributed by atoms with Crippen LogP contribution < -0.4 is 0 Å². The van der Waals surface area contributed by atoms with E-state index in [0.29, 0.717) is 19.3 Å². The monoisotopic (exact) mass is 268 g/mol. The van der Waals surface area contributed by atoms with E-state index in [0.717, 1.165) is 12.0 Å². The maximum Gasteiger partial charge on any atom is 0.269 e. The highest BCUT2D eigenvalue weighted by atomic mass is 19.3. The van der Waals surface area contributed by atoms with Crippen LogP contribution in [-0.2, 0) is 6.42 Å². The van der Waals surface area contributed by atoms with E-state index in [1.807, 2.05) is 37.3 Å². The molecule has 0 aliphatic carbocycles. The van der Waals surface area contributed by atoms with Gasteiger partial charge >= 0.3 is 0 Å². The van der Waals surface area contributed by atoms with Crippen molar-refractivity contribution in [3.05, 3.63) is 47.5 Å². The van der Waals surface area contributed by atoms with Gasteiger partial charge in [-0.25, -0.2) is 8.78 Å². The summed E-state index contributed by atoms with van der Waals surface area (Å²) in [6.45, 7) is 1.57. The van der Waals surface area contributed by atoms with Crippen LogP contribution in [0.3, 0.4) is 0 Å². The molecule has 1 aromatic carbocycles. The predicted octanol–water partition coefficient (Wildman–Crippen LogP) is 4.36. The molecule has 0 unspecified atom stereocenters. The molecule has 0 spiro atoms. The second-order valence-electron chi connectivity index (χ2n) is 4.71. The molecule has 0 bridgehead atoms. The van der Waals surface area contributed by atoms with E-state index in [2.05, 4.69) is 0 Å². The van der Waals surface area contributed by atoms with Crippen LogP contribution in [0.4, 0.5) is 8.78 Å². The molecule has 1 N–H and O–H groups in total. The summed E-state index contributed by atoms with van der Waals surface area (Å²) in [5, 5.41) is 8.91. The number of unbranched alkanes of at least 4 members (excludes halogenated alkanes) is 1. The molecule has 0 amide bonds. The molecule has 1 nitrogen and oxygen atoms in total. The number of alkyl halides is 2. The Bertz CT molecular complexity index is 385. The van der Waals surface area contributed by atoms with Crippen LogP contribution in [0.2, 0.25) is 0 Å². The Morgan fingerprint density at radius 1 is 1.26 bits per heavy atom. The fourth-order valence-electron chi connectivity index (χ4n) is 2.03. The molecule has 0 saturated heterocycles. The first-order valence-electron chi connectivity index (χ1n) is 6.82. The van der Waals surface area contributed by atoms with Gasteiger partial charge in [-0.1, -0.05) is 49.8 Å². The Morgan fingerprint density at radius 2 is 1.95 bits per heavy atom. The molecule has 0 radical (unpaired) electrons. The van der Waals surface area contributed by atoms with Gasteiger partial charge in [-0.05, 0) is 30.4 Å². The number of allylic oxidation sites excluding steroid dienone is 1. The van der Waals surface area contributed by atoms with Crippen LogP contribution in [0, 0.1) is 0 Å². The van der Waals surface area contributed by atoms with Gasteiger partial charge in [0.25, 0.3) is 5.92 Å². The van der Waals surface area contributed by atoms with Crippen molar-refractivity contribution < 1.29 is 13.9 Å². The number of hydrogen-bond acceptors (Lipinski definition) is 1. The molecule has 3 heteroatoms. The van der Waals surface area contributed by atoms with Crippen molar-refractivity contribution in [1.82, 2.24) is 0 Å². The van der Waals surface area contributed by atoms with E-state index in [1.54, 1.807) is 0 Å². The van der Waals surface area contributed by atoms with Crippen molar-refractivity contribution in [2.45, 2.75) is 45.0 Å². The number of hydrogen-bond donors (Lipinski definition) is 1. The SMILES string of the molecule is CCCCC(F)(F)/C(=C/CO)CCc1ccccc1. The number of aliphatic hydroxyl groups is 1. The number of halogens is 2. The molecule has 0 atom stereocenters. The minimum Gasteiger partial charge on any atom is -0.392 e. The van der Waals surface area contributed by atoms with Crippen molar-refractivity contribution in [2.75, 3.05) is 6.61 Å². The van der Waals surface area contributed by atoms with Gasteiger partial charge < -0.3 is 5.11 Å². The molecule has 1 rings (SSSR count). The standard InChI is InChI=1S/C16H22F2O/c1-2-3-12-16(17,18)15(11-13-19)10-9-14-7-5-4-6-8-14/h4-8,11,19H,2-3,9-10,12-13H2,1H3/b15-11+. The Kier molecular flexibility index (Phi) is 6.71. The first kappa shape index (κ1) is 15.8. The third-order valence-electron chi connectivity index (χ3n) is 3.18. The molecular weight excluding hydrogens is 246 g/mol. The van der Waals surface area contributed by atoms with Crippen molar-refractivity contribution in [3.63, 3.8) is 0 Å². The van der Waals surface area contributed by atoms with Gasteiger partial charge in [-0.3, -0.25) is 0 Å². The first-order valence-corrected chi connectivity index (χ1v) is 6.82. The van der Waals surface area contributed by atoms with Crippen LogP contribution in [0.1, 0.15) is 38.2 Å². The highest BCUT2D eigenvalue weighted by Crippen LogP contribution is 2.32. The Morgan fingerprint density at radius 3 is 2.53 bits per heavy atom. The van der Waals surface area contributed by atoms with Gasteiger partial charge in [0.15, 0.2) is 0 Å². The van der Waals surface area contributed by atoms with Crippen LogP contribution in [0.5, 0.6) is 0 Å². The lowest BCUT2D eigenvalue weighted by atomic mass is 9.96. The number of benzene rings is 1. The number of aliphatic hydroxyl groups excluding tert-OH is 1. The smallest absolute Gasteiger partial charge is 0.269 e. The lowest BCUT2D eigenvalue weighted by molar-refractivity contribution is 0.0257. The summed E-state index contributed by atoms with van der Waals surface area (Å²) in [6.07, 6.45) is 3.25. The number of rotatable bonds is 8. The summed E-state index contributed by atoms with van der Waals surface area (Å²) < 4.78 is 28.0. The highest BCUT2D eigenvalue weighted by molar-refractivity contribution is 5.19. The van der Waals surface area contributed by atoms with E-state index >= 15 is 0 Å². The molecule has 0 aromatic heterocycles. The van der Waals surface area contributed by atoms with E-state index in [4.69, 9.17) is 5.11 Å². The summed E-state index contributed by atoms with van der Waals surface area (Å²) in [6, 6.07) is 9.57. The Hall–Kier alpha value is -1.22. The summed E-state index contributed by atoms with van der Waals surface area (Å²) in [7, 11) is 0. The van der Waals surface area contributed by atoms with E-state index < -0.39 is 5.92 Å². The minimum absolute atomic E-state index is 0.0623. The third-order valence-corrected chi connectivity index (χ3v) is 3.18. The van der Waals surface area contributed by atoms with Crippen molar-refractivity contribution in [1.29, 1.82) is 0 Å². The van der Waals surface area contributed by atoms with Crippen LogP contribution in [0.25, 0.3) is 0 Å². The van der Waals surface area contributed by atoms with Gasteiger partial charge in [0.1, 0.15) is 0 Å². The lowest BCUT2D eigenvalue weighted by Crippen LogP contribution is -2.20. The summed E-state index contributed by atoms with van der Waals surface area (Å²) in [5.41, 5.74) is 1.10. The van der Waals surface area contributed by atoms with E-state index in [-0.39, 0.29) is 18.6 Å². The molecule has 0 heterocycles. The first-order chi connectivity index (χ1) is 9.10. The van der Waals surface area contributed by atoms with E-state index in [1.165, 1.54) is 6.08 Å². The second kappa shape index (κ2) is 8.05. The summed E-state index contributed by atoms with van der Waals surface area (Å²) in [5.74, 6) is -2.80. The summed E-state index contributed by atoms with van der Waals surface area (Å²) >= 11 is 0. The van der Waals surface area contributed by atoms with Gasteiger partial charge in [0.05, 0.1) is 6.61 Å². The summed E-state index contributed by atoms with van der Waals surface area (Å²) in [4.78, 5) is 0. The lowest BCUT2D eigenvalue weighted by Gasteiger charge is -2.20. The van der Waals surface area contributed by atoms with Gasteiger partial charge in [-0.15, -0.1) is 0 Å². The highest BCUT2D eigenvalue weighted by Gasteiger charge is 2.32. The molecule has 19 heavy (non-hydrogen) atoms. The fraction of sp³-hybridized carbons (Fsp3) is 0.500. The average molecular weight is 268 g/mol. The zero-order chi connectivity index (χ0) is 14.1. The van der Waals surface area contributed by atoms with Crippen molar-refractivity contribution >= 4 is 0 Å². The Balaban J connectivity index is 2.65. The average Bonchev–Trinajstić information content (AvgIpc) is 2.42. The van der Waals surface area contributed by atoms with Gasteiger partial charge in [0.2, 0.25) is 0 Å². The number of aryl methyl sites for hydroxylation is 1. The topological polar surface area (TPSA) is 20.2 Å². The van der Waals surface area contributed by atoms with E-state index in [9.17, 15) is 8.78 Å². The molecule has 106 valence electrons. The Labute approximate surface area is 114 Å². The minimum atomic E-state index is -2.80. The van der Waals surface area contributed by atoms with Crippen LogP contribution >= 0.6 is 0 Å². The molecule has 0 aliphatic rings.